The Morgan fingerprint density at radius 1 is 1.18 bits per heavy atom. The fourth-order valence-corrected chi connectivity index (χ4v) is 4.38. The Hall–Kier alpha value is -2.68. The van der Waals surface area contributed by atoms with Crippen LogP contribution in [0.1, 0.15) is 18.4 Å². The molecule has 3 aromatic rings. The van der Waals surface area contributed by atoms with Crippen molar-refractivity contribution in [2.45, 2.75) is 19.4 Å². The summed E-state index contributed by atoms with van der Waals surface area (Å²) in [5.74, 6) is 12.7. The molecule has 0 radical (unpaired) electrons. The summed E-state index contributed by atoms with van der Waals surface area (Å²) in [5.41, 5.74) is 4.84. The summed E-state index contributed by atoms with van der Waals surface area (Å²) in [7, 11) is 0. The number of nitrogens with two attached hydrogens (primary N) is 2. The summed E-state index contributed by atoms with van der Waals surface area (Å²) in [6, 6.07) is 16.3. The van der Waals surface area contributed by atoms with E-state index in [0.717, 1.165) is 48.4 Å². The van der Waals surface area contributed by atoms with Crippen LogP contribution in [0.25, 0.3) is 10.2 Å². The molecule has 1 aliphatic rings. The van der Waals surface area contributed by atoms with E-state index in [1.807, 2.05) is 30.3 Å². The molecule has 0 amide bonds. The first-order valence-electron chi connectivity index (χ1n) is 9.34. The number of aromatic nitrogens is 1. The van der Waals surface area contributed by atoms with Crippen LogP contribution in [0.3, 0.4) is 0 Å². The van der Waals surface area contributed by atoms with Gasteiger partial charge in [0.2, 0.25) is 0 Å². The molecular weight excluding hydrogens is 372 g/mol. The van der Waals surface area contributed by atoms with Crippen LogP contribution in [-0.2, 0) is 6.54 Å². The quantitative estimate of drug-likeness (QED) is 0.265. The van der Waals surface area contributed by atoms with Crippen LogP contribution in [0, 0.1) is 5.92 Å². The smallest absolute Gasteiger partial charge is 0.279 e. The number of para-hydroxylation sites is 1. The molecule has 1 fully saturated rings. The molecule has 1 aliphatic heterocycles. The SMILES string of the molecule is N/N=C(\NN)C1CCN(Cc2ccc(Oc3nc4ccccc4s3)cc2)CC1. The van der Waals surface area contributed by atoms with Crippen molar-refractivity contribution in [1.82, 2.24) is 15.3 Å². The maximum absolute atomic E-state index is 5.92. The normalized spacial score (nSPS) is 16.4. The van der Waals surface area contributed by atoms with Crippen LogP contribution in [0.2, 0.25) is 0 Å². The van der Waals surface area contributed by atoms with Gasteiger partial charge in [-0.15, -0.1) is 0 Å². The van der Waals surface area contributed by atoms with E-state index in [4.69, 9.17) is 16.4 Å². The van der Waals surface area contributed by atoms with Crippen molar-refractivity contribution in [3.63, 3.8) is 0 Å². The molecule has 146 valence electrons. The van der Waals surface area contributed by atoms with Gasteiger partial charge in [0.25, 0.3) is 5.19 Å². The molecule has 5 N–H and O–H groups in total. The van der Waals surface area contributed by atoms with Crippen molar-refractivity contribution in [2.75, 3.05) is 13.1 Å². The predicted molar refractivity (Wildman–Crippen MR) is 113 cm³/mol. The molecule has 4 rings (SSSR count). The Bertz CT molecular complexity index is 914. The second-order valence-electron chi connectivity index (χ2n) is 6.90. The first-order valence-corrected chi connectivity index (χ1v) is 10.2. The number of nitrogens with one attached hydrogen (secondary N) is 1. The fraction of sp³-hybridized carbons (Fsp3) is 0.300. The predicted octanol–water partition coefficient (Wildman–Crippen LogP) is 3.04. The van der Waals surface area contributed by atoms with Crippen molar-refractivity contribution in [3.05, 3.63) is 54.1 Å². The molecule has 28 heavy (non-hydrogen) atoms. The fourth-order valence-electron chi connectivity index (χ4n) is 3.54. The van der Waals surface area contributed by atoms with Crippen LogP contribution in [0.15, 0.2) is 53.6 Å². The second-order valence-corrected chi connectivity index (χ2v) is 7.90. The standard InChI is InChI=1S/C20H24N6OS/c21-24-19(25-22)15-9-11-26(12-10-15)13-14-5-7-16(8-6-14)27-20-23-17-3-1-2-4-18(17)28-20/h1-8,15H,9-13,21-22H2,(H,24,25). The summed E-state index contributed by atoms with van der Waals surface area (Å²) in [5, 5.41) is 4.41. The molecule has 1 aromatic heterocycles. The third-order valence-corrected chi connectivity index (χ3v) is 5.98. The van der Waals surface area contributed by atoms with Gasteiger partial charge in [-0.25, -0.2) is 10.8 Å². The van der Waals surface area contributed by atoms with E-state index in [1.54, 1.807) is 11.3 Å². The third-order valence-electron chi connectivity index (χ3n) is 5.07. The van der Waals surface area contributed by atoms with E-state index in [-0.39, 0.29) is 0 Å². The van der Waals surface area contributed by atoms with Gasteiger partial charge < -0.3 is 16.0 Å². The highest BCUT2D eigenvalue weighted by Gasteiger charge is 2.23. The molecule has 2 aromatic carbocycles. The third kappa shape index (κ3) is 4.24. The van der Waals surface area contributed by atoms with Crippen molar-refractivity contribution in [3.8, 4) is 10.9 Å². The van der Waals surface area contributed by atoms with Crippen LogP contribution in [0.5, 0.6) is 10.9 Å². The molecule has 0 unspecified atom stereocenters. The van der Waals surface area contributed by atoms with Gasteiger partial charge in [0.05, 0.1) is 10.2 Å². The molecule has 0 aliphatic carbocycles. The van der Waals surface area contributed by atoms with Gasteiger partial charge in [0.1, 0.15) is 11.6 Å². The van der Waals surface area contributed by atoms with Gasteiger partial charge in [-0.05, 0) is 55.8 Å². The number of hydrogen-bond donors (Lipinski definition) is 3. The minimum atomic E-state index is 0.316. The Kier molecular flexibility index (Phi) is 5.70. The molecule has 8 heteroatoms. The van der Waals surface area contributed by atoms with Gasteiger partial charge in [-0.3, -0.25) is 4.90 Å². The Balaban J connectivity index is 1.32. The second kappa shape index (κ2) is 8.55. The van der Waals surface area contributed by atoms with E-state index >= 15 is 0 Å². The van der Waals surface area contributed by atoms with Gasteiger partial charge in [-0.2, -0.15) is 5.10 Å². The Labute approximate surface area is 168 Å². The number of hydrazine groups is 1. The lowest BCUT2D eigenvalue weighted by atomic mass is 9.95. The monoisotopic (exact) mass is 396 g/mol. The van der Waals surface area contributed by atoms with E-state index in [9.17, 15) is 0 Å². The zero-order chi connectivity index (χ0) is 19.3. The average molecular weight is 397 g/mol. The topological polar surface area (TPSA) is 102 Å². The minimum Gasteiger partial charge on any atom is -0.431 e. The van der Waals surface area contributed by atoms with Gasteiger partial charge in [0.15, 0.2) is 0 Å². The van der Waals surface area contributed by atoms with Crippen LogP contribution < -0.4 is 21.8 Å². The number of benzene rings is 2. The largest absolute Gasteiger partial charge is 0.431 e. The number of nitrogens with zero attached hydrogens (tertiary/aromatic N) is 3. The van der Waals surface area contributed by atoms with Crippen molar-refractivity contribution >= 4 is 27.4 Å². The Morgan fingerprint density at radius 2 is 1.93 bits per heavy atom. The molecule has 0 spiro atoms. The van der Waals surface area contributed by atoms with Crippen LogP contribution in [-0.4, -0.2) is 28.8 Å². The van der Waals surface area contributed by atoms with Crippen molar-refractivity contribution in [1.29, 1.82) is 0 Å². The molecule has 0 bridgehead atoms. The molecule has 0 atom stereocenters. The molecule has 7 nitrogen and oxygen atoms in total. The van der Waals surface area contributed by atoms with Gasteiger partial charge in [-0.1, -0.05) is 35.6 Å². The number of piperidine rings is 1. The number of likely N-dealkylation sites (tertiary alicyclic amines) is 1. The molecular formula is C20H24N6OS. The van der Waals surface area contributed by atoms with E-state index in [2.05, 4.69) is 38.6 Å². The highest BCUT2D eigenvalue weighted by atomic mass is 32.1. The average Bonchev–Trinajstić information content (AvgIpc) is 3.14. The van der Waals surface area contributed by atoms with Crippen LogP contribution >= 0.6 is 11.3 Å². The van der Waals surface area contributed by atoms with Crippen molar-refractivity contribution < 1.29 is 4.74 Å². The van der Waals surface area contributed by atoms with Crippen molar-refractivity contribution in [2.24, 2.45) is 22.7 Å². The zero-order valence-corrected chi connectivity index (χ0v) is 16.4. The molecule has 0 saturated carbocycles. The van der Waals surface area contributed by atoms with E-state index in [0.29, 0.717) is 16.9 Å². The number of hydrogen-bond acceptors (Lipinski definition) is 7. The highest BCUT2D eigenvalue weighted by Crippen LogP contribution is 2.31. The lowest BCUT2D eigenvalue weighted by Crippen LogP contribution is -2.43. The van der Waals surface area contributed by atoms with E-state index < -0.39 is 0 Å². The minimum absolute atomic E-state index is 0.316. The number of amidine groups is 1. The first-order chi connectivity index (χ1) is 13.7. The summed E-state index contributed by atoms with van der Waals surface area (Å²) >= 11 is 1.56. The maximum atomic E-state index is 5.92. The summed E-state index contributed by atoms with van der Waals surface area (Å²) in [6.07, 6.45) is 2.00. The first kappa shape index (κ1) is 18.7. The van der Waals surface area contributed by atoms with Gasteiger partial charge >= 0.3 is 0 Å². The summed E-state index contributed by atoms with van der Waals surface area (Å²) in [6.45, 7) is 2.91. The number of fused-ring (bicyclic) bond motifs is 1. The molecule has 2 heterocycles. The molecule has 1 saturated heterocycles. The highest BCUT2D eigenvalue weighted by molar-refractivity contribution is 7.20. The summed E-state index contributed by atoms with van der Waals surface area (Å²) in [4.78, 5) is 6.95. The number of thiazole rings is 1. The van der Waals surface area contributed by atoms with Crippen LogP contribution in [0.4, 0.5) is 0 Å². The maximum Gasteiger partial charge on any atom is 0.279 e. The number of hydrazone groups is 1. The number of rotatable bonds is 5. The van der Waals surface area contributed by atoms with Gasteiger partial charge in [0, 0.05) is 12.5 Å². The van der Waals surface area contributed by atoms with E-state index in [1.165, 1.54) is 5.56 Å². The lowest BCUT2D eigenvalue weighted by Gasteiger charge is -2.32. The zero-order valence-electron chi connectivity index (χ0n) is 15.5. The summed E-state index contributed by atoms with van der Waals surface area (Å²) < 4.78 is 7.05. The number of ether oxygens (including phenoxy) is 1. The Morgan fingerprint density at radius 3 is 2.61 bits per heavy atom. The lowest BCUT2D eigenvalue weighted by molar-refractivity contribution is 0.200.